The number of hydrogen-bond donors (Lipinski definition) is 1. The normalized spacial score (nSPS) is 36.0. The maximum absolute atomic E-state index is 9.83. The van der Waals surface area contributed by atoms with E-state index < -0.39 is 13.9 Å². The number of aliphatic hydroxyl groups is 1. The van der Waals surface area contributed by atoms with Crippen molar-refractivity contribution in [3.8, 4) is 0 Å². The zero-order valence-electron chi connectivity index (χ0n) is 21.5. The second kappa shape index (κ2) is 7.99. The van der Waals surface area contributed by atoms with Gasteiger partial charge in [-0.3, -0.25) is 0 Å². The highest BCUT2D eigenvalue weighted by Gasteiger charge is 2.68. The Morgan fingerprint density at radius 2 is 1.80 bits per heavy atom. The van der Waals surface area contributed by atoms with Gasteiger partial charge in [-0.2, -0.15) is 0 Å². The molecule has 35 heavy (non-hydrogen) atoms. The Bertz CT molecular complexity index is 1240. The number of fused-ring (bicyclic) bond motifs is 2. The van der Waals surface area contributed by atoms with Gasteiger partial charge in [0.05, 0.1) is 27.9 Å². The molecular weight excluding hydrogens is 452 g/mol. The first-order chi connectivity index (χ1) is 16.7. The molecule has 2 aliphatic heterocycles. The molecule has 2 atom stereocenters. The number of benzene rings is 1. The molecule has 1 spiro atoms. The van der Waals surface area contributed by atoms with E-state index in [1.165, 1.54) is 49.8 Å². The third-order valence-electron chi connectivity index (χ3n) is 8.02. The molecule has 6 rings (SSSR count). The molecule has 0 radical (unpaired) electrons. The van der Waals surface area contributed by atoms with Crippen LogP contribution in [0, 0.1) is 0 Å². The van der Waals surface area contributed by atoms with E-state index in [0.29, 0.717) is 13.2 Å². The van der Waals surface area contributed by atoms with Crippen LogP contribution in [0.25, 0.3) is 5.57 Å². The molecule has 1 aromatic carbocycles. The summed E-state index contributed by atoms with van der Waals surface area (Å²) in [5.74, 6) is -0.618. The van der Waals surface area contributed by atoms with Crippen molar-refractivity contribution < 1.29 is 19.3 Å². The van der Waals surface area contributed by atoms with Gasteiger partial charge in [-0.1, -0.05) is 62.1 Å². The summed E-state index contributed by atoms with van der Waals surface area (Å²) in [7, 11) is -1.84. The molecule has 1 N–H and O–H groups in total. The van der Waals surface area contributed by atoms with Crippen molar-refractivity contribution in [1.82, 2.24) is 0 Å². The van der Waals surface area contributed by atoms with Gasteiger partial charge in [-0.25, -0.2) is 0 Å². The number of allylic oxidation sites excluding steroid dienone is 5. The Kier molecular flexibility index (Phi) is 5.34. The van der Waals surface area contributed by atoms with Crippen molar-refractivity contribution in [3.63, 3.8) is 0 Å². The van der Waals surface area contributed by atoms with Crippen LogP contribution < -0.4 is 0 Å². The van der Waals surface area contributed by atoms with Gasteiger partial charge in [0, 0.05) is 0 Å². The van der Waals surface area contributed by atoms with Crippen molar-refractivity contribution in [2.24, 2.45) is 0 Å². The number of ether oxygens (including phenoxy) is 3. The fourth-order valence-corrected chi connectivity index (χ4v) is 9.18. The van der Waals surface area contributed by atoms with E-state index in [0.717, 1.165) is 19.3 Å². The van der Waals surface area contributed by atoms with E-state index in [2.05, 4.69) is 56.0 Å². The fourth-order valence-electron chi connectivity index (χ4n) is 7.02. The fraction of sp³-hybridized carbons (Fsp3) is 0.467. The van der Waals surface area contributed by atoms with Gasteiger partial charge < -0.3 is 19.3 Å². The van der Waals surface area contributed by atoms with Crippen LogP contribution in [-0.2, 0) is 14.2 Å². The van der Waals surface area contributed by atoms with Gasteiger partial charge in [0.1, 0.15) is 11.7 Å². The zero-order chi connectivity index (χ0) is 24.6. The second-order valence-corrected chi connectivity index (χ2v) is 16.8. The Labute approximate surface area is 209 Å². The molecule has 5 aliphatic rings. The highest BCUT2D eigenvalue weighted by Crippen LogP contribution is 2.65. The molecule has 4 nitrogen and oxygen atoms in total. The molecular formula is C30H36O4Si. The molecule has 3 fully saturated rings. The Morgan fingerprint density at radius 1 is 1.06 bits per heavy atom. The van der Waals surface area contributed by atoms with E-state index in [1.54, 1.807) is 0 Å². The van der Waals surface area contributed by atoms with E-state index >= 15 is 0 Å². The Morgan fingerprint density at radius 3 is 2.51 bits per heavy atom. The lowest BCUT2D eigenvalue weighted by molar-refractivity contribution is -0.153. The van der Waals surface area contributed by atoms with E-state index in [1.807, 2.05) is 19.9 Å². The summed E-state index contributed by atoms with van der Waals surface area (Å²) in [6.07, 6.45) is 7.06. The van der Waals surface area contributed by atoms with Crippen LogP contribution in [0.3, 0.4) is 0 Å². The van der Waals surface area contributed by atoms with Gasteiger partial charge in [0.2, 0.25) is 0 Å². The van der Waals surface area contributed by atoms with Crippen LogP contribution in [0.4, 0.5) is 0 Å². The summed E-state index contributed by atoms with van der Waals surface area (Å²) in [5.41, 5.74) is 10.1. The third kappa shape index (κ3) is 3.40. The molecule has 1 saturated carbocycles. The number of aliphatic hydroxyl groups excluding tert-OH is 1. The first-order valence-electron chi connectivity index (χ1n) is 12.9. The summed E-state index contributed by atoms with van der Waals surface area (Å²) >= 11 is 0. The average Bonchev–Trinajstić information content (AvgIpc) is 3.32. The van der Waals surface area contributed by atoms with Crippen molar-refractivity contribution >= 4 is 13.6 Å². The Balaban J connectivity index is 1.76. The quantitative estimate of drug-likeness (QED) is 0.537. The van der Waals surface area contributed by atoms with Crippen LogP contribution in [0.1, 0.15) is 38.7 Å². The molecule has 2 heterocycles. The van der Waals surface area contributed by atoms with Crippen molar-refractivity contribution in [2.45, 2.75) is 70.2 Å². The molecule has 2 saturated heterocycles. The maximum atomic E-state index is 9.83. The first-order valence-corrected chi connectivity index (χ1v) is 16.4. The number of hydrogen-bond acceptors (Lipinski definition) is 4. The molecule has 3 aliphatic carbocycles. The van der Waals surface area contributed by atoms with Gasteiger partial charge in [0.25, 0.3) is 0 Å². The topological polar surface area (TPSA) is 47.9 Å². The highest BCUT2D eigenvalue weighted by atomic mass is 28.3. The molecule has 184 valence electrons. The van der Waals surface area contributed by atoms with Gasteiger partial charge in [-0.15, -0.1) is 0 Å². The summed E-state index contributed by atoms with van der Waals surface area (Å²) in [6, 6.07) is 10.8. The SMILES string of the molecule is CC1(C)OC2\C3=C4/COC/C4=C([Si](C)(C)C)/C(c4ccccc4)=C(/C=C/CO)C4=C3C2(CCC4)O1. The monoisotopic (exact) mass is 488 g/mol. The lowest BCUT2D eigenvalue weighted by atomic mass is 9.57. The summed E-state index contributed by atoms with van der Waals surface area (Å²) in [6.45, 7) is 12.7. The Hall–Kier alpha value is -2.02. The van der Waals surface area contributed by atoms with Gasteiger partial charge in [-0.05, 0) is 82.9 Å². The standard InChI is InChI=1S/C30H36O4Si/c1-29(2)33-28-25-22-17-32-18-23(22)27(35(3,4)5)24(19-11-7-6-8-12-19)20(14-10-16-31)21-13-9-15-30(28,34-29)26(21)25/h6-8,10-12,14,28,31H,9,13,15-18H2,1-5H3/b14-10+,21-20?,24-20-,25-22+,27-23+,27-24?. The van der Waals surface area contributed by atoms with Crippen LogP contribution >= 0.6 is 0 Å². The number of rotatable bonds is 4. The minimum Gasteiger partial charge on any atom is -0.392 e. The average molecular weight is 489 g/mol. The van der Waals surface area contributed by atoms with Gasteiger partial charge in [0.15, 0.2) is 5.79 Å². The van der Waals surface area contributed by atoms with E-state index in [-0.39, 0.29) is 18.3 Å². The van der Waals surface area contributed by atoms with Crippen molar-refractivity contribution in [2.75, 3.05) is 19.8 Å². The van der Waals surface area contributed by atoms with Crippen LogP contribution in [0.2, 0.25) is 19.6 Å². The molecule has 0 aromatic heterocycles. The minimum absolute atomic E-state index is 0.0184. The van der Waals surface area contributed by atoms with E-state index in [9.17, 15) is 5.11 Å². The predicted octanol–water partition coefficient (Wildman–Crippen LogP) is 5.89. The zero-order valence-corrected chi connectivity index (χ0v) is 22.5. The summed E-state index contributed by atoms with van der Waals surface area (Å²) < 4.78 is 19.6. The smallest absolute Gasteiger partial charge is 0.165 e. The molecule has 1 aromatic rings. The highest BCUT2D eigenvalue weighted by molar-refractivity contribution is 6.85. The molecule has 0 amide bonds. The molecule has 0 bridgehead atoms. The maximum Gasteiger partial charge on any atom is 0.165 e. The first kappa shape index (κ1) is 23.4. The molecule has 2 unspecified atom stereocenters. The summed E-state index contributed by atoms with van der Waals surface area (Å²) in [5, 5.41) is 11.3. The lowest BCUT2D eigenvalue weighted by Crippen LogP contribution is -2.57. The summed E-state index contributed by atoms with van der Waals surface area (Å²) in [4.78, 5) is 0. The van der Waals surface area contributed by atoms with Crippen LogP contribution in [0.5, 0.6) is 0 Å². The predicted molar refractivity (Wildman–Crippen MR) is 141 cm³/mol. The second-order valence-electron chi connectivity index (χ2n) is 11.8. The van der Waals surface area contributed by atoms with Crippen LogP contribution in [-0.4, -0.2) is 50.5 Å². The van der Waals surface area contributed by atoms with Crippen LogP contribution in [0.15, 0.2) is 81.1 Å². The molecule has 5 heteroatoms. The van der Waals surface area contributed by atoms with Gasteiger partial charge >= 0.3 is 0 Å². The van der Waals surface area contributed by atoms with Crippen molar-refractivity contribution in [3.05, 3.63) is 86.7 Å². The minimum atomic E-state index is -1.84. The largest absolute Gasteiger partial charge is 0.392 e. The van der Waals surface area contributed by atoms with E-state index in [4.69, 9.17) is 14.2 Å². The lowest BCUT2D eigenvalue weighted by Gasteiger charge is -2.52. The third-order valence-corrected chi connectivity index (χ3v) is 10.1. The van der Waals surface area contributed by atoms with Crippen molar-refractivity contribution in [1.29, 1.82) is 0 Å².